The van der Waals surface area contributed by atoms with Gasteiger partial charge in [0.15, 0.2) is 0 Å². The number of aromatic nitrogens is 3. The zero-order chi connectivity index (χ0) is 18.7. The molecule has 2 aromatic heterocycles. The molecule has 0 fully saturated rings. The van der Waals surface area contributed by atoms with E-state index in [2.05, 4.69) is 15.0 Å². The molecule has 0 radical (unpaired) electrons. The number of nitrogens with zero attached hydrogens (tertiary/aromatic N) is 5. The third kappa shape index (κ3) is 3.84. The van der Waals surface area contributed by atoms with Gasteiger partial charge in [0.05, 0.1) is 36.5 Å². The summed E-state index contributed by atoms with van der Waals surface area (Å²) in [6, 6.07) is 5.64. The smallest absolute Gasteiger partial charge is 0.303 e. The third-order valence-electron chi connectivity index (χ3n) is 4.58. The molecule has 1 N–H and O–H groups in total. The van der Waals surface area contributed by atoms with Crippen molar-refractivity contribution >= 4 is 17.7 Å². The minimum absolute atomic E-state index is 0.0358. The number of carboxylic acid groups (broad SMARTS) is 1. The van der Waals surface area contributed by atoms with Crippen molar-refractivity contribution in [3.63, 3.8) is 0 Å². The second-order valence-corrected chi connectivity index (χ2v) is 6.39. The number of anilines is 1. The number of amides is 1. The van der Waals surface area contributed by atoms with Crippen LogP contribution >= 0.6 is 0 Å². The van der Waals surface area contributed by atoms with Gasteiger partial charge in [-0.25, -0.2) is 4.98 Å². The maximum atomic E-state index is 12.2. The molecule has 0 saturated carbocycles. The number of hydrogen-bond acceptors (Lipinski definition) is 5. The molecule has 1 aliphatic rings. The number of fused-ring (bicyclic) bond motifs is 1. The van der Waals surface area contributed by atoms with Crippen LogP contribution < -0.4 is 4.90 Å². The number of aliphatic carboxylic acids is 1. The molecule has 3 rings (SSSR count). The lowest BCUT2D eigenvalue weighted by molar-refractivity contribution is -0.136. The summed E-state index contributed by atoms with van der Waals surface area (Å²) in [6.07, 6.45) is 2.15. The zero-order valence-corrected chi connectivity index (χ0v) is 15.1. The number of pyridine rings is 1. The van der Waals surface area contributed by atoms with Crippen LogP contribution in [0.5, 0.6) is 0 Å². The fourth-order valence-electron chi connectivity index (χ4n) is 2.94. The predicted octanol–water partition coefficient (Wildman–Crippen LogP) is 1.41. The molecule has 0 aliphatic carbocycles. The van der Waals surface area contributed by atoms with Crippen LogP contribution in [0.4, 0.5) is 5.82 Å². The first-order chi connectivity index (χ1) is 12.5. The summed E-state index contributed by atoms with van der Waals surface area (Å²) in [5.74, 6) is -0.0308. The van der Waals surface area contributed by atoms with Crippen LogP contribution in [0, 0.1) is 0 Å². The molecule has 8 heteroatoms. The first kappa shape index (κ1) is 17.9. The number of aryl methyl sites for hydroxylation is 1. The molecule has 1 aliphatic heterocycles. The fraction of sp³-hybridized carbons (Fsp3) is 0.444. The highest BCUT2D eigenvalue weighted by Gasteiger charge is 2.20. The Hall–Kier alpha value is -2.90. The van der Waals surface area contributed by atoms with Crippen LogP contribution in [0.1, 0.15) is 35.1 Å². The Morgan fingerprint density at radius 2 is 2.12 bits per heavy atom. The van der Waals surface area contributed by atoms with E-state index in [1.54, 1.807) is 24.2 Å². The second kappa shape index (κ2) is 7.55. The van der Waals surface area contributed by atoms with Gasteiger partial charge in [-0.2, -0.15) is 5.10 Å². The van der Waals surface area contributed by atoms with Crippen molar-refractivity contribution in [1.82, 2.24) is 19.7 Å². The van der Waals surface area contributed by atoms with Gasteiger partial charge in [-0.1, -0.05) is 0 Å². The van der Waals surface area contributed by atoms with Crippen molar-refractivity contribution < 1.29 is 14.7 Å². The van der Waals surface area contributed by atoms with Crippen molar-refractivity contribution in [1.29, 1.82) is 0 Å². The molecule has 0 aromatic carbocycles. The van der Waals surface area contributed by atoms with E-state index in [-0.39, 0.29) is 12.3 Å². The molecule has 0 atom stereocenters. The van der Waals surface area contributed by atoms with E-state index in [0.29, 0.717) is 25.1 Å². The van der Waals surface area contributed by atoms with Crippen molar-refractivity contribution in [2.45, 2.75) is 32.9 Å². The second-order valence-electron chi connectivity index (χ2n) is 6.39. The van der Waals surface area contributed by atoms with E-state index < -0.39 is 5.97 Å². The molecule has 8 nitrogen and oxygen atoms in total. The Kier molecular flexibility index (Phi) is 5.20. The van der Waals surface area contributed by atoms with E-state index in [0.717, 1.165) is 30.3 Å². The third-order valence-corrected chi connectivity index (χ3v) is 4.58. The van der Waals surface area contributed by atoms with Gasteiger partial charge in [-0.3, -0.25) is 14.3 Å². The van der Waals surface area contributed by atoms with Crippen molar-refractivity contribution in [2.75, 3.05) is 25.0 Å². The van der Waals surface area contributed by atoms with Gasteiger partial charge < -0.3 is 14.9 Å². The maximum absolute atomic E-state index is 12.2. The van der Waals surface area contributed by atoms with E-state index in [4.69, 9.17) is 5.11 Å². The van der Waals surface area contributed by atoms with Crippen molar-refractivity contribution in [3.05, 3.63) is 41.3 Å². The first-order valence-electron chi connectivity index (χ1n) is 8.71. The Balaban J connectivity index is 1.68. The molecule has 2 aromatic rings. The van der Waals surface area contributed by atoms with Gasteiger partial charge in [0.1, 0.15) is 5.82 Å². The summed E-state index contributed by atoms with van der Waals surface area (Å²) in [5.41, 5.74) is 2.43. The van der Waals surface area contributed by atoms with Gasteiger partial charge in [0.25, 0.3) is 5.91 Å². The fourth-order valence-corrected chi connectivity index (χ4v) is 2.94. The first-order valence-corrected chi connectivity index (χ1v) is 8.71. The van der Waals surface area contributed by atoms with Crippen molar-refractivity contribution in [2.24, 2.45) is 0 Å². The maximum Gasteiger partial charge on any atom is 0.303 e. The number of carbonyl (C=O) groups is 2. The molecular weight excluding hydrogens is 334 g/mol. The summed E-state index contributed by atoms with van der Waals surface area (Å²) in [6.45, 7) is 4.74. The Morgan fingerprint density at radius 3 is 2.77 bits per heavy atom. The highest BCUT2D eigenvalue weighted by Crippen LogP contribution is 2.20. The number of hydrogen-bond donors (Lipinski definition) is 1. The minimum atomic E-state index is -0.815. The van der Waals surface area contributed by atoms with Crippen LogP contribution in [-0.4, -0.2) is 56.8 Å². The number of carbonyl (C=O) groups excluding carboxylic acids is 1. The average Bonchev–Trinajstić information content (AvgIpc) is 3.07. The van der Waals surface area contributed by atoms with Gasteiger partial charge >= 0.3 is 5.97 Å². The topological polar surface area (TPSA) is 91.6 Å². The Morgan fingerprint density at radius 1 is 1.31 bits per heavy atom. The highest BCUT2D eigenvalue weighted by molar-refractivity contribution is 5.93. The molecule has 26 heavy (non-hydrogen) atoms. The van der Waals surface area contributed by atoms with Gasteiger partial charge in [-0.15, -0.1) is 0 Å². The van der Waals surface area contributed by atoms with E-state index in [1.165, 1.54) is 0 Å². The molecule has 0 bridgehead atoms. The van der Waals surface area contributed by atoms with Gasteiger partial charge in [-0.05, 0) is 25.1 Å². The minimum Gasteiger partial charge on any atom is -0.481 e. The van der Waals surface area contributed by atoms with Gasteiger partial charge in [0.2, 0.25) is 0 Å². The molecule has 1 amide bonds. The van der Waals surface area contributed by atoms with E-state index >= 15 is 0 Å². The van der Waals surface area contributed by atoms with Crippen LogP contribution in [0.2, 0.25) is 0 Å². The Bertz CT molecular complexity index is 800. The predicted molar refractivity (Wildman–Crippen MR) is 96.1 cm³/mol. The van der Waals surface area contributed by atoms with Crippen LogP contribution in [-0.2, 0) is 24.3 Å². The summed E-state index contributed by atoms with van der Waals surface area (Å²) < 4.78 is 1.93. The molecule has 138 valence electrons. The molecule has 3 heterocycles. The summed E-state index contributed by atoms with van der Waals surface area (Å²) >= 11 is 0. The number of rotatable bonds is 6. The van der Waals surface area contributed by atoms with Crippen LogP contribution in [0.25, 0.3) is 0 Å². The van der Waals surface area contributed by atoms with Crippen LogP contribution in [0.3, 0.4) is 0 Å². The number of carboxylic acids is 1. The monoisotopic (exact) mass is 357 g/mol. The van der Waals surface area contributed by atoms with Crippen LogP contribution in [0.15, 0.2) is 24.4 Å². The highest BCUT2D eigenvalue weighted by atomic mass is 16.4. The SMILES string of the molecule is CCN(C)C(=O)c1ccc(N2CCn3nc(CCC(=O)O)cc3C2)nc1. The normalized spacial score (nSPS) is 13.4. The van der Waals surface area contributed by atoms with E-state index in [9.17, 15) is 9.59 Å². The molecule has 0 unspecified atom stereocenters. The van der Waals surface area contributed by atoms with Gasteiger partial charge in [0, 0.05) is 32.8 Å². The summed E-state index contributed by atoms with van der Waals surface area (Å²) in [4.78, 5) is 31.1. The molecular formula is C18H23N5O3. The summed E-state index contributed by atoms with van der Waals surface area (Å²) in [5, 5.41) is 13.3. The average molecular weight is 357 g/mol. The lowest BCUT2D eigenvalue weighted by Crippen LogP contribution is -2.34. The lowest BCUT2D eigenvalue weighted by atomic mass is 10.2. The summed E-state index contributed by atoms with van der Waals surface area (Å²) in [7, 11) is 1.77. The van der Waals surface area contributed by atoms with E-state index in [1.807, 2.05) is 23.7 Å². The molecule has 0 saturated heterocycles. The quantitative estimate of drug-likeness (QED) is 0.840. The largest absolute Gasteiger partial charge is 0.481 e. The zero-order valence-electron chi connectivity index (χ0n) is 15.1. The lowest BCUT2D eigenvalue weighted by Gasteiger charge is -2.28. The Labute approximate surface area is 152 Å². The molecule has 0 spiro atoms. The van der Waals surface area contributed by atoms with Crippen molar-refractivity contribution in [3.8, 4) is 0 Å². The standard InChI is InChI=1S/C18H23N5O3/c1-3-21(2)18(26)13-4-6-16(19-11-13)22-8-9-23-15(12-22)10-14(20-23)5-7-17(24)25/h4,6,10-11H,3,5,7-9,12H2,1-2H3,(H,24,25).